The monoisotopic (exact) mass is 267 g/mol. The standard InChI is InChI=1S/C15H25NOS/c1-5-12-6-7-13(18-12)8-14(16)15-9(2)10(3)17-11(15)4/h6-7,9-11,14-15H,5,8,16H2,1-4H3. The Balaban J connectivity index is 2.01. The summed E-state index contributed by atoms with van der Waals surface area (Å²) in [6.45, 7) is 8.79. The van der Waals surface area contributed by atoms with Gasteiger partial charge in [-0.15, -0.1) is 11.3 Å². The van der Waals surface area contributed by atoms with Crippen molar-refractivity contribution in [3.8, 4) is 0 Å². The molecule has 1 saturated heterocycles. The van der Waals surface area contributed by atoms with E-state index in [-0.39, 0.29) is 12.1 Å². The molecule has 0 bridgehead atoms. The van der Waals surface area contributed by atoms with Crippen LogP contribution in [0.25, 0.3) is 0 Å². The largest absolute Gasteiger partial charge is 0.375 e. The predicted molar refractivity (Wildman–Crippen MR) is 78.0 cm³/mol. The van der Waals surface area contributed by atoms with E-state index in [0.29, 0.717) is 17.9 Å². The van der Waals surface area contributed by atoms with Crippen molar-refractivity contribution >= 4 is 11.3 Å². The van der Waals surface area contributed by atoms with Gasteiger partial charge in [0.25, 0.3) is 0 Å². The Morgan fingerprint density at radius 3 is 2.39 bits per heavy atom. The fourth-order valence-corrected chi connectivity index (χ4v) is 4.15. The lowest BCUT2D eigenvalue weighted by Crippen LogP contribution is -2.39. The van der Waals surface area contributed by atoms with Crippen molar-refractivity contribution in [2.45, 2.75) is 58.8 Å². The van der Waals surface area contributed by atoms with Gasteiger partial charge in [-0.1, -0.05) is 13.8 Å². The molecule has 0 saturated carbocycles. The van der Waals surface area contributed by atoms with Crippen molar-refractivity contribution in [3.63, 3.8) is 0 Å². The highest BCUT2D eigenvalue weighted by Crippen LogP contribution is 2.35. The van der Waals surface area contributed by atoms with E-state index in [0.717, 1.165) is 12.8 Å². The Morgan fingerprint density at radius 1 is 1.22 bits per heavy atom. The molecule has 0 spiro atoms. The van der Waals surface area contributed by atoms with Gasteiger partial charge in [-0.2, -0.15) is 0 Å². The molecule has 2 N–H and O–H groups in total. The van der Waals surface area contributed by atoms with Crippen LogP contribution >= 0.6 is 11.3 Å². The van der Waals surface area contributed by atoms with Crippen LogP contribution in [0.1, 0.15) is 37.4 Å². The summed E-state index contributed by atoms with van der Waals surface area (Å²) in [7, 11) is 0. The number of thiophene rings is 1. The van der Waals surface area contributed by atoms with Gasteiger partial charge in [0, 0.05) is 21.7 Å². The van der Waals surface area contributed by atoms with Gasteiger partial charge in [-0.05, 0) is 44.7 Å². The van der Waals surface area contributed by atoms with E-state index in [1.54, 1.807) is 0 Å². The van der Waals surface area contributed by atoms with Gasteiger partial charge in [0.15, 0.2) is 0 Å². The normalized spacial score (nSPS) is 33.8. The van der Waals surface area contributed by atoms with Crippen LogP contribution in [0.5, 0.6) is 0 Å². The van der Waals surface area contributed by atoms with Crippen LogP contribution in [-0.4, -0.2) is 18.2 Å². The molecule has 1 aliphatic heterocycles. The van der Waals surface area contributed by atoms with Gasteiger partial charge >= 0.3 is 0 Å². The SMILES string of the molecule is CCc1ccc(CC(N)C2C(C)OC(C)C2C)s1. The molecule has 2 heterocycles. The van der Waals surface area contributed by atoms with E-state index in [1.165, 1.54) is 9.75 Å². The van der Waals surface area contributed by atoms with E-state index in [9.17, 15) is 0 Å². The highest BCUT2D eigenvalue weighted by molar-refractivity contribution is 7.11. The van der Waals surface area contributed by atoms with Crippen LogP contribution in [-0.2, 0) is 17.6 Å². The number of nitrogens with two attached hydrogens (primary N) is 1. The average molecular weight is 267 g/mol. The molecule has 1 fully saturated rings. The van der Waals surface area contributed by atoms with Gasteiger partial charge in [-0.3, -0.25) is 0 Å². The van der Waals surface area contributed by atoms with Crippen molar-refractivity contribution in [1.82, 2.24) is 0 Å². The first-order valence-electron chi connectivity index (χ1n) is 7.01. The van der Waals surface area contributed by atoms with Crippen LogP contribution in [0.15, 0.2) is 12.1 Å². The summed E-state index contributed by atoms with van der Waals surface area (Å²) >= 11 is 1.90. The van der Waals surface area contributed by atoms with Crippen molar-refractivity contribution in [3.05, 3.63) is 21.9 Å². The number of aryl methyl sites for hydroxylation is 1. The predicted octanol–water partition coefficient (Wildman–Crippen LogP) is 3.24. The molecular weight excluding hydrogens is 242 g/mol. The van der Waals surface area contributed by atoms with Crippen LogP contribution in [0.4, 0.5) is 0 Å². The first-order chi connectivity index (χ1) is 8.52. The quantitative estimate of drug-likeness (QED) is 0.909. The van der Waals surface area contributed by atoms with E-state index in [4.69, 9.17) is 10.5 Å². The Morgan fingerprint density at radius 2 is 1.89 bits per heavy atom. The third-order valence-electron chi connectivity index (χ3n) is 4.32. The molecule has 18 heavy (non-hydrogen) atoms. The van der Waals surface area contributed by atoms with E-state index < -0.39 is 0 Å². The molecule has 0 amide bonds. The molecule has 3 heteroatoms. The van der Waals surface area contributed by atoms with Crippen LogP contribution in [0, 0.1) is 11.8 Å². The lowest BCUT2D eigenvalue weighted by Gasteiger charge is -2.25. The molecular formula is C15H25NOS. The molecule has 2 rings (SSSR count). The molecule has 5 atom stereocenters. The fraction of sp³-hybridized carbons (Fsp3) is 0.733. The van der Waals surface area contributed by atoms with Crippen LogP contribution in [0.3, 0.4) is 0 Å². The van der Waals surface area contributed by atoms with Gasteiger partial charge < -0.3 is 10.5 Å². The molecule has 1 aromatic heterocycles. The molecule has 0 radical (unpaired) electrons. The van der Waals surface area contributed by atoms with Crippen LogP contribution in [0.2, 0.25) is 0 Å². The summed E-state index contributed by atoms with van der Waals surface area (Å²) in [4.78, 5) is 2.87. The molecule has 5 unspecified atom stereocenters. The number of hydrogen-bond donors (Lipinski definition) is 1. The topological polar surface area (TPSA) is 35.2 Å². The van der Waals surface area contributed by atoms with E-state index in [2.05, 4.69) is 39.8 Å². The Bertz CT molecular complexity index is 390. The highest BCUT2D eigenvalue weighted by Gasteiger charge is 2.40. The maximum atomic E-state index is 6.43. The summed E-state index contributed by atoms with van der Waals surface area (Å²) in [5.74, 6) is 1.03. The first-order valence-corrected chi connectivity index (χ1v) is 7.83. The van der Waals surface area contributed by atoms with Gasteiger partial charge in [-0.25, -0.2) is 0 Å². The molecule has 1 aromatic rings. The highest BCUT2D eigenvalue weighted by atomic mass is 32.1. The van der Waals surface area contributed by atoms with Gasteiger partial charge in [0.2, 0.25) is 0 Å². The first kappa shape index (κ1) is 14.0. The fourth-order valence-electron chi connectivity index (χ4n) is 3.12. The molecule has 0 aliphatic carbocycles. The number of hydrogen-bond acceptors (Lipinski definition) is 3. The second kappa shape index (κ2) is 5.72. The minimum Gasteiger partial charge on any atom is -0.375 e. The van der Waals surface area contributed by atoms with Crippen molar-refractivity contribution < 1.29 is 4.74 Å². The number of ether oxygens (including phenoxy) is 1. The zero-order valence-electron chi connectivity index (χ0n) is 11.8. The lowest BCUT2D eigenvalue weighted by atomic mass is 9.82. The second-order valence-electron chi connectivity index (χ2n) is 5.57. The van der Waals surface area contributed by atoms with E-state index in [1.807, 2.05) is 11.3 Å². The molecule has 2 nitrogen and oxygen atoms in total. The molecule has 0 aromatic carbocycles. The van der Waals surface area contributed by atoms with Crippen molar-refractivity contribution in [2.24, 2.45) is 17.6 Å². The van der Waals surface area contributed by atoms with Crippen molar-refractivity contribution in [2.75, 3.05) is 0 Å². The van der Waals surface area contributed by atoms with E-state index >= 15 is 0 Å². The maximum absolute atomic E-state index is 6.43. The Labute approximate surface area is 115 Å². The maximum Gasteiger partial charge on any atom is 0.0597 e. The van der Waals surface area contributed by atoms with Gasteiger partial charge in [0.05, 0.1) is 12.2 Å². The number of rotatable bonds is 4. The van der Waals surface area contributed by atoms with Crippen LogP contribution < -0.4 is 5.73 Å². The minimum atomic E-state index is 0.211. The summed E-state index contributed by atoms with van der Waals surface area (Å²) in [6.07, 6.45) is 2.73. The van der Waals surface area contributed by atoms with Crippen molar-refractivity contribution in [1.29, 1.82) is 0 Å². The van der Waals surface area contributed by atoms with Gasteiger partial charge in [0.1, 0.15) is 0 Å². The third-order valence-corrected chi connectivity index (χ3v) is 5.57. The minimum absolute atomic E-state index is 0.211. The third kappa shape index (κ3) is 2.79. The summed E-state index contributed by atoms with van der Waals surface area (Å²) in [5.41, 5.74) is 6.43. The Kier molecular flexibility index (Phi) is 4.46. The molecule has 102 valence electrons. The second-order valence-corrected chi connectivity index (χ2v) is 6.83. The Hall–Kier alpha value is -0.380. The zero-order valence-corrected chi connectivity index (χ0v) is 12.7. The average Bonchev–Trinajstić information content (AvgIpc) is 2.85. The summed E-state index contributed by atoms with van der Waals surface area (Å²) < 4.78 is 5.89. The smallest absolute Gasteiger partial charge is 0.0597 e. The molecule has 1 aliphatic rings. The zero-order chi connectivity index (χ0) is 13.3. The summed E-state index contributed by atoms with van der Waals surface area (Å²) in [6, 6.07) is 4.67. The summed E-state index contributed by atoms with van der Waals surface area (Å²) in [5, 5.41) is 0. The lowest BCUT2D eigenvalue weighted by molar-refractivity contribution is 0.0490.